The Hall–Kier alpha value is -1.81. The second-order valence-electron chi connectivity index (χ2n) is 4.19. The van der Waals surface area contributed by atoms with Crippen molar-refractivity contribution in [3.8, 4) is 5.75 Å². The Balaban J connectivity index is 2.04. The molecule has 0 bridgehead atoms. The fraction of sp³-hybridized carbons (Fsp3) is 0.267. The summed E-state index contributed by atoms with van der Waals surface area (Å²) in [6.45, 7) is 2.61. The third kappa shape index (κ3) is 3.83. The van der Waals surface area contributed by atoms with Gasteiger partial charge in [0, 0.05) is 15.3 Å². The molecule has 1 aromatic carbocycles. The van der Waals surface area contributed by atoms with Crippen LogP contribution >= 0.6 is 11.3 Å². The van der Waals surface area contributed by atoms with Gasteiger partial charge in [0.25, 0.3) is 0 Å². The topological polar surface area (TPSA) is 46.5 Å². The smallest absolute Gasteiger partial charge is 0.307 e. The third-order valence-corrected chi connectivity index (χ3v) is 3.95. The summed E-state index contributed by atoms with van der Waals surface area (Å²) in [4.78, 5) is 13.3. The molecular weight excluding hydrogens is 260 g/mol. The second kappa shape index (κ2) is 6.38. The van der Waals surface area contributed by atoms with Crippen LogP contribution in [0.25, 0.3) is 0 Å². The lowest BCUT2D eigenvalue weighted by atomic mass is 10.1. The molecule has 0 amide bonds. The molecule has 0 unspecified atom stereocenters. The zero-order valence-electron chi connectivity index (χ0n) is 10.8. The molecule has 0 spiro atoms. The summed E-state index contributed by atoms with van der Waals surface area (Å²) < 4.78 is 5.73. The first-order valence-corrected chi connectivity index (χ1v) is 7.00. The molecule has 0 fully saturated rings. The maximum absolute atomic E-state index is 10.8. The number of carboxylic acid groups (broad SMARTS) is 1. The second-order valence-corrected chi connectivity index (χ2v) is 5.44. The molecule has 2 rings (SSSR count). The van der Waals surface area contributed by atoms with Crippen molar-refractivity contribution in [1.82, 2.24) is 0 Å². The molecule has 0 radical (unpaired) electrons. The summed E-state index contributed by atoms with van der Waals surface area (Å²) in [5, 5.41) is 8.86. The quantitative estimate of drug-likeness (QED) is 0.878. The highest BCUT2D eigenvalue weighted by molar-refractivity contribution is 7.11. The Bertz CT molecular complexity index is 560. The lowest BCUT2D eigenvalue weighted by molar-refractivity contribution is -0.136. The Kier molecular flexibility index (Phi) is 4.58. The molecule has 0 saturated heterocycles. The minimum atomic E-state index is -0.847. The third-order valence-electron chi connectivity index (χ3n) is 2.75. The first-order chi connectivity index (χ1) is 9.19. The van der Waals surface area contributed by atoms with E-state index in [1.165, 1.54) is 4.88 Å². The molecule has 4 heteroatoms. The monoisotopic (exact) mass is 276 g/mol. The number of aliphatic carboxylic acids is 1. The zero-order valence-corrected chi connectivity index (χ0v) is 11.6. The number of para-hydroxylation sites is 1. The average molecular weight is 276 g/mol. The molecule has 100 valence electrons. The van der Waals surface area contributed by atoms with Crippen LogP contribution < -0.4 is 4.74 Å². The number of hydrogen-bond acceptors (Lipinski definition) is 3. The Labute approximate surface area is 116 Å². The first-order valence-electron chi connectivity index (χ1n) is 6.19. The molecule has 3 nitrogen and oxygen atoms in total. The molecule has 0 saturated carbocycles. The number of hydrogen-bond donors (Lipinski definition) is 1. The van der Waals surface area contributed by atoms with Crippen molar-refractivity contribution < 1.29 is 14.6 Å². The van der Waals surface area contributed by atoms with Gasteiger partial charge in [0.2, 0.25) is 0 Å². The van der Waals surface area contributed by atoms with Gasteiger partial charge in [0.15, 0.2) is 0 Å². The van der Waals surface area contributed by atoms with E-state index in [2.05, 4.69) is 19.1 Å². The molecule has 0 aliphatic carbocycles. The maximum atomic E-state index is 10.8. The molecule has 0 aliphatic rings. The summed E-state index contributed by atoms with van der Waals surface area (Å²) in [6.07, 6.45) is 1.01. The predicted molar refractivity (Wildman–Crippen MR) is 75.8 cm³/mol. The normalized spacial score (nSPS) is 10.4. The van der Waals surface area contributed by atoms with Crippen molar-refractivity contribution in [1.29, 1.82) is 0 Å². The highest BCUT2D eigenvalue weighted by Gasteiger charge is 2.08. The summed E-state index contributed by atoms with van der Waals surface area (Å²) in [5.74, 6) is -0.197. The molecule has 0 atom stereocenters. The van der Waals surface area contributed by atoms with E-state index in [0.29, 0.717) is 17.9 Å². The minimum absolute atomic E-state index is 0.0131. The molecule has 19 heavy (non-hydrogen) atoms. The van der Waals surface area contributed by atoms with Crippen molar-refractivity contribution in [2.24, 2.45) is 0 Å². The van der Waals surface area contributed by atoms with Gasteiger partial charge >= 0.3 is 5.97 Å². The maximum Gasteiger partial charge on any atom is 0.307 e. The fourth-order valence-corrected chi connectivity index (χ4v) is 2.66. The highest BCUT2D eigenvalue weighted by Crippen LogP contribution is 2.22. The average Bonchev–Trinajstić information content (AvgIpc) is 2.85. The molecule has 1 heterocycles. The lowest BCUT2D eigenvalue weighted by Crippen LogP contribution is -2.03. The van der Waals surface area contributed by atoms with Crippen molar-refractivity contribution in [2.75, 3.05) is 0 Å². The summed E-state index contributed by atoms with van der Waals surface area (Å²) in [6, 6.07) is 11.4. The standard InChI is InChI=1S/C15H16O3S/c1-2-12-7-8-13(19-12)10-18-14-6-4-3-5-11(14)9-15(16)17/h3-8H,2,9-10H2,1H3,(H,16,17). The predicted octanol–water partition coefficient (Wildman–Crippen LogP) is 3.52. The summed E-state index contributed by atoms with van der Waals surface area (Å²) in [5.41, 5.74) is 0.710. The number of carbonyl (C=O) groups is 1. The number of thiophene rings is 1. The molecule has 0 aliphatic heterocycles. The van der Waals surface area contributed by atoms with E-state index in [4.69, 9.17) is 9.84 Å². The fourth-order valence-electron chi connectivity index (χ4n) is 1.79. The molecule has 2 aromatic rings. The van der Waals surface area contributed by atoms with Gasteiger partial charge in [-0.15, -0.1) is 11.3 Å². The zero-order chi connectivity index (χ0) is 13.7. The van der Waals surface area contributed by atoms with Crippen LogP contribution in [0, 0.1) is 0 Å². The van der Waals surface area contributed by atoms with Crippen LogP contribution in [0.5, 0.6) is 5.75 Å². The van der Waals surface area contributed by atoms with Crippen molar-refractivity contribution >= 4 is 17.3 Å². The molecule has 1 aromatic heterocycles. The Morgan fingerprint density at radius 2 is 1.95 bits per heavy atom. The number of carboxylic acids is 1. The summed E-state index contributed by atoms with van der Waals surface area (Å²) >= 11 is 1.73. The van der Waals surface area contributed by atoms with Crippen LogP contribution in [0.2, 0.25) is 0 Å². The Morgan fingerprint density at radius 1 is 1.21 bits per heavy atom. The van der Waals surface area contributed by atoms with Gasteiger partial charge in [0.05, 0.1) is 6.42 Å². The number of benzene rings is 1. The van der Waals surface area contributed by atoms with E-state index < -0.39 is 5.97 Å². The van der Waals surface area contributed by atoms with E-state index in [1.54, 1.807) is 17.4 Å². The number of rotatable bonds is 6. The van der Waals surface area contributed by atoms with E-state index >= 15 is 0 Å². The van der Waals surface area contributed by atoms with Crippen LogP contribution in [0.15, 0.2) is 36.4 Å². The van der Waals surface area contributed by atoms with Gasteiger partial charge in [0.1, 0.15) is 12.4 Å². The van der Waals surface area contributed by atoms with Gasteiger partial charge in [-0.25, -0.2) is 0 Å². The van der Waals surface area contributed by atoms with E-state index in [1.807, 2.05) is 18.2 Å². The highest BCUT2D eigenvalue weighted by atomic mass is 32.1. The van der Waals surface area contributed by atoms with Gasteiger partial charge in [-0.3, -0.25) is 4.79 Å². The van der Waals surface area contributed by atoms with Gasteiger partial charge in [-0.05, 0) is 24.6 Å². The first kappa shape index (κ1) is 13.6. The lowest BCUT2D eigenvalue weighted by Gasteiger charge is -2.09. The molecular formula is C15H16O3S. The van der Waals surface area contributed by atoms with E-state index in [-0.39, 0.29) is 6.42 Å². The van der Waals surface area contributed by atoms with Crippen LogP contribution in [-0.2, 0) is 24.2 Å². The van der Waals surface area contributed by atoms with Crippen molar-refractivity contribution in [3.63, 3.8) is 0 Å². The van der Waals surface area contributed by atoms with Crippen molar-refractivity contribution in [2.45, 2.75) is 26.4 Å². The van der Waals surface area contributed by atoms with Gasteiger partial charge < -0.3 is 9.84 Å². The van der Waals surface area contributed by atoms with Crippen LogP contribution in [0.3, 0.4) is 0 Å². The summed E-state index contributed by atoms with van der Waals surface area (Å²) in [7, 11) is 0. The largest absolute Gasteiger partial charge is 0.488 e. The van der Waals surface area contributed by atoms with Gasteiger partial charge in [-0.2, -0.15) is 0 Å². The van der Waals surface area contributed by atoms with Crippen LogP contribution in [0.4, 0.5) is 0 Å². The Morgan fingerprint density at radius 3 is 2.63 bits per heavy atom. The van der Waals surface area contributed by atoms with E-state index in [9.17, 15) is 4.79 Å². The van der Waals surface area contributed by atoms with Crippen LogP contribution in [-0.4, -0.2) is 11.1 Å². The SMILES string of the molecule is CCc1ccc(COc2ccccc2CC(=O)O)s1. The number of ether oxygens (including phenoxy) is 1. The minimum Gasteiger partial charge on any atom is -0.488 e. The van der Waals surface area contributed by atoms with E-state index in [0.717, 1.165) is 11.3 Å². The number of aryl methyl sites for hydroxylation is 1. The van der Waals surface area contributed by atoms with Crippen molar-refractivity contribution in [3.05, 3.63) is 51.7 Å². The van der Waals surface area contributed by atoms with Crippen LogP contribution in [0.1, 0.15) is 22.2 Å². The van der Waals surface area contributed by atoms with Gasteiger partial charge in [-0.1, -0.05) is 25.1 Å². The molecule has 1 N–H and O–H groups in total.